The number of piperazine rings is 1. The molecule has 0 aromatic carbocycles. The molecule has 1 N–H and O–H groups in total. The van der Waals surface area contributed by atoms with Gasteiger partial charge in [-0.25, -0.2) is 0 Å². The summed E-state index contributed by atoms with van der Waals surface area (Å²) in [5, 5.41) is 3.51. The summed E-state index contributed by atoms with van der Waals surface area (Å²) in [5.41, 5.74) is 0. The second-order valence-electron chi connectivity index (χ2n) is 4.88. The predicted molar refractivity (Wildman–Crippen MR) is 59.6 cm³/mol. The lowest BCUT2D eigenvalue weighted by Crippen LogP contribution is -2.54. The Labute approximate surface area is 87.4 Å². The number of likely N-dealkylation sites (tertiary alicyclic amines) is 1. The van der Waals surface area contributed by atoms with Crippen LogP contribution in [0.1, 0.15) is 19.8 Å². The van der Waals surface area contributed by atoms with Crippen LogP contribution in [-0.4, -0.2) is 61.7 Å². The van der Waals surface area contributed by atoms with Gasteiger partial charge >= 0.3 is 0 Å². The van der Waals surface area contributed by atoms with Gasteiger partial charge < -0.3 is 10.2 Å². The molecule has 2 aliphatic rings. The number of nitrogens with one attached hydrogen (secondary N) is 1. The minimum Gasteiger partial charge on any atom is -0.312 e. The van der Waals surface area contributed by atoms with Crippen LogP contribution in [0.15, 0.2) is 0 Å². The second kappa shape index (κ2) is 4.60. The smallest absolute Gasteiger partial charge is 0.0167 e. The molecule has 14 heavy (non-hydrogen) atoms. The number of hydrogen-bond acceptors (Lipinski definition) is 3. The summed E-state index contributed by atoms with van der Waals surface area (Å²) in [5.74, 6) is 0. The minimum absolute atomic E-state index is 0.684. The first kappa shape index (κ1) is 10.4. The molecule has 0 radical (unpaired) electrons. The van der Waals surface area contributed by atoms with Gasteiger partial charge in [-0.2, -0.15) is 0 Å². The van der Waals surface area contributed by atoms with Crippen LogP contribution in [0.4, 0.5) is 0 Å². The molecule has 0 bridgehead atoms. The van der Waals surface area contributed by atoms with Crippen molar-refractivity contribution in [1.82, 2.24) is 15.1 Å². The van der Waals surface area contributed by atoms with E-state index in [0.29, 0.717) is 6.04 Å². The van der Waals surface area contributed by atoms with E-state index in [0.717, 1.165) is 6.04 Å². The average molecular weight is 197 g/mol. The fraction of sp³-hybridized carbons (Fsp3) is 1.00. The summed E-state index contributed by atoms with van der Waals surface area (Å²) >= 11 is 0. The Bertz CT molecular complexity index is 175. The van der Waals surface area contributed by atoms with E-state index in [1.54, 1.807) is 0 Å². The van der Waals surface area contributed by atoms with Gasteiger partial charge in [0.05, 0.1) is 0 Å². The molecule has 0 aromatic rings. The molecule has 0 spiro atoms. The first-order valence-electron chi connectivity index (χ1n) is 5.91. The first-order chi connectivity index (χ1) is 6.75. The topological polar surface area (TPSA) is 18.5 Å². The second-order valence-corrected chi connectivity index (χ2v) is 4.88. The van der Waals surface area contributed by atoms with Gasteiger partial charge in [0.25, 0.3) is 0 Å². The van der Waals surface area contributed by atoms with Crippen LogP contribution in [0.3, 0.4) is 0 Å². The zero-order chi connectivity index (χ0) is 9.97. The molecular weight excluding hydrogens is 174 g/mol. The third kappa shape index (κ3) is 2.47. The lowest BCUT2D eigenvalue weighted by atomic mass is 10.0. The molecule has 0 amide bonds. The molecular formula is C11H23N3. The van der Waals surface area contributed by atoms with E-state index in [-0.39, 0.29) is 0 Å². The lowest BCUT2D eigenvalue weighted by Gasteiger charge is -2.41. The Morgan fingerprint density at radius 2 is 1.86 bits per heavy atom. The fourth-order valence-electron chi connectivity index (χ4n) is 2.65. The van der Waals surface area contributed by atoms with Gasteiger partial charge in [0.2, 0.25) is 0 Å². The van der Waals surface area contributed by atoms with Crippen LogP contribution in [0.25, 0.3) is 0 Å². The standard InChI is InChI=1S/C11H23N3/c1-10-9-14(8-5-12-10)11-3-6-13(2)7-4-11/h10-12H,3-9H2,1-2H3. The Morgan fingerprint density at radius 1 is 1.14 bits per heavy atom. The Morgan fingerprint density at radius 3 is 2.50 bits per heavy atom. The molecule has 0 saturated carbocycles. The molecule has 2 saturated heterocycles. The maximum Gasteiger partial charge on any atom is 0.0167 e. The Balaban J connectivity index is 1.82. The van der Waals surface area contributed by atoms with E-state index >= 15 is 0 Å². The van der Waals surface area contributed by atoms with Gasteiger partial charge in [-0.15, -0.1) is 0 Å². The van der Waals surface area contributed by atoms with Gasteiger partial charge in [-0.05, 0) is 39.9 Å². The third-order valence-electron chi connectivity index (χ3n) is 3.60. The zero-order valence-corrected chi connectivity index (χ0v) is 9.50. The van der Waals surface area contributed by atoms with E-state index < -0.39 is 0 Å². The molecule has 2 heterocycles. The van der Waals surface area contributed by atoms with Crippen molar-refractivity contribution in [2.75, 3.05) is 39.8 Å². The highest BCUT2D eigenvalue weighted by atomic mass is 15.2. The van der Waals surface area contributed by atoms with Crippen LogP contribution >= 0.6 is 0 Å². The van der Waals surface area contributed by atoms with Gasteiger partial charge in [-0.1, -0.05) is 0 Å². The summed E-state index contributed by atoms with van der Waals surface area (Å²) in [4.78, 5) is 5.14. The summed E-state index contributed by atoms with van der Waals surface area (Å²) < 4.78 is 0. The molecule has 1 unspecified atom stereocenters. The van der Waals surface area contributed by atoms with Crippen molar-refractivity contribution < 1.29 is 0 Å². The molecule has 2 aliphatic heterocycles. The molecule has 0 aromatic heterocycles. The monoisotopic (exact) mass is 197 g/mol. The summed E-state index contributed by atoms with van der Waals surface area (Å²) in [6.07, 6.45) is 2.73. The van der Waals surface area contributed by atoms with Gasteiger partial charge in [0, 0.05) is 31.7 Å². The maximum atomic E-state index is 3.51. The van der Waals surface area contributed by atoms with E-state index in [1.807, 2.05) is 0 Å². The number of rotatable bonds is 1. The quantitative estimate of drug-likeness (QED) is 0.655. The first-order valence-corrected chi connectivity index (χ1v) is 5.91. The molecule has 3 nitrogen and oxygen atoms in total. The average Bonchev–Trinajstić information content (AvgIpc) is 2.19. The lowest BCUT2D eigenvalue weighted by molar-refractivity contribution is 0.0950. The van der Waals surface area contributed by atoms with Crippen molar-refractivity contribution in [3.63, 3.8) is 0 Å². The van der Waals surface area contributed by atoms with Gasteiger partial charge in [0.1, 0.15) is 0 Å². The van der Waals surface area contributed by atoms with Gasteiger partial charge in [-0.3, -0.25) is 4.90 Å². The van der Waals surface area contributed by atoms with Crippen molar-refractivity contribution in [1.29, 1.82) is 0 Å². The van der Waals surface area contributed by atoms with Crippen molar-refractivity contribution in [2.45, 2.75) is 31.8 Å². The number of hydrogen-bond donors (Lipinski definition) is 1. The maximum absolute atomic E-state index is 3.51. The van der Waals surface area contributed by atoms with Crippen molar-refractivity contribution in [2.24, 2.45) is 0 Å². The summed E-state index contributed by atoms with van der Waals surface area (Å²) in [6, 6.07) is 1.54. The largest absolute Gasteiger partial charge is 0.312 e. The Kier molecular flexibility index (Phi) is 3.42. The normalized spacial score (nSPS) is 33.4. The SMILES string of the molecule is CC1CN(C2CCN(C)CC2)CCN1. The van der Waals surface area contributed by atoms with Crippen LogP contribution in [0, 0.1) is 0 Å². The third-order valence-corrected chi connectivity index (χ3v) is 3.60. The van der Waals surface area contributed by atoms with Crippen LogP contribution < -0.4 is 5.32 Å². The highest BCUT2D eigenvalue weighted by Gasteiger charge is 2.25. The Hall–Kier alpha value is -0.120. The van der Waals surface area contributed by atoms with Crippen molar-refractivity contribution in [3.05, 3.63) is 0 Å². The highest BCUT2D eigenvalue weighted by Crippen LogP contribution is 2.16. The fourth-order valence-corrected chi connectivity index (χ4v) is 2.65. The molecule has 1 atom stereocenters. The molecule has 82 valence electrons. The highest BCUT2D eigenvalue weighted by molar-refractivity contribution is 4.84. The van der Waals surface area contributed by atoms with Crippen LogP contribution in [0.5, 0.6) is 0 Å². The van der Waals surface area contributed by atoms with E-state index in [9.17, 15) is 0 Å². The molecule has 3 heteroatoms. The molecule has 2 fully saturated rings. The predicted octanol–water partition coefficient (Wildman–Crippen LogP) is 0.374. The van der Waals surface area contributed by atoms with Crippen LogP contribution in [-0.2, 0) is 0 Å². The molecule has 0 aliphatic carbocycles. The molecule has 2 rings (SSSR count). The zero-order valence-electron chi connectivity index (χ0n) is 9.50. The van der Waals surface area contributed by atoms with E-state index in [4.69, 9.17) is 0 Å². The number of piperidine rings is 1. The van der Waals surface area contributed by atoms with Crippen molar-refractivity contribution >= 4 is 0 Å². The van der Waals surface area contributed by atoms with Crippen molar-refractivity contribution in [3.8, 4) is 0 Å². The summed E-state index contributed by atoms with van der Waals surface area (Å²) in [7, 11) is 2.23. The minimum atomic E-state index is 0.684. The van der Waals surface area contributed by atoms with Crippen LogP contribution in [0.2, 0.25) is 0 Å². The number of nitrogens with zero attached hydrogens (tertiary/aromatic N) is 2. The summed E-state index contributed by atoms with van der Waals surface area (Å²) in [6.45, 7) is 8.52. The van der Waals surface area contributed by atoms with Gasteiger partial charge in [0.15, 0.2) is 0 Å². The van der Waals surface area contributed by atoms with E-state index in [1.165, 1.54) is 45.6 Å². The van der Waals surface area contributed by atoms with E-state index in [2.05, 4.69) is 29.1 Å².